The molecule has 20 heavy (non-hydrogen) atoms. The van der Waals surface area contributed by atoms with Gasteiger partial charge in [-0.1, -0.05) is 12.1 Å². The zero-order chi connectivity index (χ0) is 14.5. The van der Waals surface area contributed by atoms with E-state index in [-0.39, 0.29) is 17.9 Å². The third kappa shape index (κ3) is 3.81. The first kappa shape index (κ1) is 14.5. The Balaban J connectivity index is 1.91. The molecule has 1 saturated heterocycles. The van der Waals surface area contributed by atoms with Gasteiger partial charge >= 0.3 is 0 Å². The van der Waals surface area contributed by atoms with Crippen LogP contribution >= 0.6 is 0 Å². The number of likely N-dealkylation sites (N-methyl/N-ethyl adjacent to an activating group) is 1. The molecule has 1 aromatic carbocycles. The first-order valence-electron chi connectivity index (χ1n) is 6.89. The van der Waals surface area contributed by atoms with Crippen molar-refractivity contribution in [3.05, 3.63) is 29.8 Å². The smallest absolute Gasteiger partial charge is 0.241 e. The molecule has 0 bridgehead atoms. The number of nitrogens with one attached hydrogen (secondary N) is 2. The fourth-order valence-electron chi connectivity index (χ4n) is 2.18. The fraction of sp³-hybridized carbons (Fsp3) is 0.467. The van der Waals surface area contributed by atoms with Crippen LogP contribution in [0, 0.1) is 0 Å². The van der Waals surface area contributed by atoms with Crippen molar-refractivity contribution >= 4 is 17.5 Å². The van der Waals surface area contributed by atoms with E-state index < -0.39 is 0 Å². The topological polar surface area (TPSA) is 61.4 Å². The molecule has 0 aliphatic carbocycles. The Morgan fingerprint density at radius 2 is 2.00 bits per heavy atom. The van der Waals surface area contributed by atoms with Crippen LogP contribution in [-0.4, -0.2) is 43.4 Å². The van der Waals surface area contributed by atoms with Gasteiger partial charge in [-0.15, -0.1) is 0 Å². The van der Waals surface area contributed by atoms with Gasteiger partial charge in [-0.2, -0.15) is 0 Å². The second-order valence-electron chi connectivity index (χ2n) is 5.30. The third-order valence-corrected chi connectivity index (χ3v) is 3.45. The Labute approximate surface area is 119 Å². The maximum absolute atomic E-state index is 11.9. The molecule has 1 atom stereocenters. The Bertz CT molecular complexity index is 476. The van der Waals surface area contributed by atoms with Crippen LogP contribution < -0.4 is 10.6 Å². The van der Waals surface area contributed by atoms with Crippen molar-refractivity contribution in [3.8, 4) is 0 Å². The molecule has 2 amide bonds. The summed E-state index contributed by atoms with van der Waals surface area (Å²) < 4.78 is 0. The minimum Gasteiger partial charge on any atom is -0.349 e. The molecule has 108 valence electrons. The van der Waals surface area contributed by atoms with Gasteiger partial charge in [-0.25, -0.2) is 0 Å². The van der Waals surface area contributed by atoms with E-state index >= 15 is 0 Å². The molecule has 1 aliphatic heterocycles. The summed E-state index contributed by atoms with van der Waals surface area (Å²) in [7, 11) is 3.48. The molecule has 5 nitrogen and oxygen atoms in total. The van der Waals surface area contributed by atoms with Crippen LogP contribution in [-0.2, 0) is 16.0 Å². The highest BCUT2D eigenvalue weighted by molar-refractivity contribution is 5.95. The van der Waals surface area contributed by atoms with Gasteiger partial charge < -0.3 is 15.5 Å². The molecule has 2 rings (SSSR count). The molecule has 1 aromatic rings. The highest BCUT2D eigenvalue weighted by atomic mass is 16.2. The summed E-state index contributed by atoms with van der Waals surface area (Å²) in [6, 6.07) is 7.35. The Hall–Kier alpha value is -1.88. The molecular weight excluding hydrogens is 254 g/mol. The molecular formula is C15H21N3O2. The Morgan fingerprint density at radius 1 is 1.30 bits per heavy atom. The van der Waals surface area contributed by atoms with Gasteiger partial charge in [-0.3, -0.25) is 9.59 Å². The van der Waals surface area contributed by atoms with Crippen molar-refractivity contribution in [2.75, 3.05) is 26.0 Å². The van der Waals surface area contributed by atoms with Gasteiger partial charge in [0, 0.05) is 19.8 Å². The maximum Gasteiger partial charge on any atom is 0.241 e. The van der Waals surface area contributed by atoms with Gasteiger partial charge in [-0.05, 0) is 37.1 Å². The highest BCUT2D eigenvalue weighted by Crippen LogP contribution is 2.13. The van der Waals surface area contributed by atoms with Crippen LogP contribution in [0.5, 0.6) is 0 Å². The SMILES string of the molecule is CN(C)C(=O)Cc1ccc(NC(=O)C2CCCN2)cc1. The first-order chi connectivity index (χ1) is 9.56. The van der Waals surface area contributed by atoms with Crippen molar-refractivity contribution in [1.82, 2.24) is 10.2 Å². The number of carbonyl (C=O) groups is 2. The second kappa shape index (κ2) is 6.52. The monoisotopic (exact) mass is 275 g/mol. The van der Waals surface area contributed by atoms with E-state index in [2.05, 4.69) is 10.6 Å². The molecule has 5 heteroatoms. The van der Waals surface area contributed by atoms with Gasteiger partial charge in [0.05, 0.1) is 12.5 Å². The summed E-state index contributed by atoms with van der Waals surface area (Å²) >= 11 is 0. The van der Waals surface area contributed by atoms with E-state index in [4.69, 9.17) is 0 Å². The first-order valence-corrected chi connectivity index (χ1v) is 6.89. The van der Waals surface area contributed by atoms with Crippen LogP contribution in [0.15, 0.2) is 24.3 Å². The van der Waals surface area contributed by atoms with Crippen LogP contribution in [0.3, 0.4) is 0 Å². The molecule has 0 saturated carbocycles. The molecule has 1 heterocycles. The number of carbonyl (C=O) groups excluding carboxylic acids is 2. The summed E-state index contributed by atoms with van der Waals surface area (Å²) in [6.45, 7) is 0.906. The normalized spacial score (nSPS) is 17.8. The van der Waals surface area contributed by atoms with E-state index in [9.17, 15) is 9.59 Å². The van der Waals surface area contributed by atoms with Crippen molar-refractivity contribution in [3.63, 3.8) is 0 Å². The minimum atomic E-state index is -0.0787. The highest BCUT2D eigenvalue weighted by Gasteiger charge is 2.21. The van der Waals surface area contributed by atoms with Gasteiger partial charge in [0.25, 0.3) is 0 Å². The molecule has 2 N–H and O–H groups in total. The molecule has 1 aliphatic rings. The van der Waals surface area contributed by atoms with Crippen LogP contribution in [0.1, 0.15) is 18.4 Å². The van der Waals surface area contributed by atoms with Gasteiger partial charge in [0.1, 0.15) is 0 Å². The quantitative estimate of drug-likeness (QED) is 0.862. The number of hydrogen-bond donors (Lipinski definition) is 2. The standard InChI is InChI=1S/C15H21N3O2/c1-18(2)14(19)10-11-5-7-12(8-6-11)17-15(20)13-4-3-9-16-13/h5-8,13,16H,3-4,9-10H2,1-2H3,(H,17,20). The number of rotatable bonds is 4. The lowest BCUT2D eigenvalue weighted by Crippen LogP contribution is -2.35. The van der Waals surface area contributed by atoms with E-state index in [1.165, 1.54) is 0 Å². The summed E-state index contributed by atoms with van der Waals surface area (Å²) in [5, 5.41) is 6.05. The van der Waals surface area contributed by atoms with Crippen LogP contribution in [0.2, 0.25) is 0 Å². The molecule has 0 spiro atoms. The zero-order valence-corrected chi connectivity index (χ0v) is 12.0. The summed E-state index contributed by atoms with van der Waals surface area (Å²) in [5.41, 5.74) is 1.71. The van der Waals surface area contributed by atoms with Crippen molar-refractivity contribution in [1.29, 1.82) is 0 Å². The predicted molar refractivity (Wildman–Crippen MR) is 78.5 cm³/mol. The van der Waals surface area contributed by atoms with E-state index in [1.807, 2.05) is 24.3 Å². The van der Waals surface area contributed by atoms with Gasteiger partial charge in [0.15, 0.2) is 0 Å². The van der Waals surface area contributed by atoms with E-state index in [0.717, 1.165) is 30.6 Å². The van der Waals surface area contributed by atoms with Crippen LogP contribution in [0.25, 0.3) is 0 Å². The average molecular weight is 275 g/mol. The number of nitrogens with zero attached hydrogens (tertiary/aromatic N) is 1. The van der Waals surface area contributed by atoms with Crippen LogP contribution in [0.4, 0.5) is 5.69 Å². The number of amides is 2. The minimum absolute atomic E-state index is 0.0135. The number of hydrogen-bond acceptors (Lipinski definition) is 3. The lowest BCUT2D eigenvalue weighted by molar-refractivity contribution is -0.128. The third-order valence-electron chi connectivity index (χ3n) is 3.45. The van der Waals surface area contributed by atoms with E-state index in [0.29, 0.717) is 6.42 Å². The zero-order valence-electron chi connectivity index (χ0n) is 12.0. The number of benzene rings is 1. The van der Waals surface area contributed by atoms with Gasteiger partial charge in [0.2, 0.25) is 11.8 Å². The lowest BCUT2D eigenvalue weighted by atomic mass is 10.1. The summed E-state index contributed by atoms with van der Waals surface area (Å²) in [6.07, 6.45) is 2.32. The van der Waals surface area contributed by atoms with Crippen molar-refractivity contribution in [2.24, 2.45) is 0 Å². The summed E-state index contributed by atoms with van der Waals surface area (Å²) in [4.78, 5) is 25.1. The molecule has 0 radical (unpaired) electrons. The second-order valence-corrected chi connectivity index (χ2v) is 5.30. The Morgan fingerprint density at radius 3 is 2.55 bits per heavy atom. The average Bonchev–Trinajstić information content (AvgIpc) is 2.95. The number of anilines is 1. The molecule has 1 unspecified atom stereocenters. The largest absolute Gasteiger partial charge is 0.349 e. The van der Waals surface area contributed by atoms with Crippen molar-refractivity contribution in [2.45, 2.75) is 25.3 Å². The molecule has 0 aromatic heterocycles. The Kier molecular flexibility index (Phi) is 4.74. The fourth-order valence-corrected chi connectivity index (χ4v) is 2.18. The predicted octanol–water partition coefficient (Wildman–Crippen LogP) is 1.01. The lowest BCUT2D eigenvalue weighted by Gasteiger charge is -2.12. The summed E-state index contributed by atoms with van der Waals surface area (Å²) in [5.74, 6) is 0.0801. The van der Waals surface area contributed by atoms with E-state index in [1.54, 1.807) is 19.0 Å². The molecule has 1 fully saturated rings. The van der Waals surface area contributed by atoms with Crippen molar-refractivity contribution < 1.29 is 9.59 Å². The maximum atomic E-state index is 11.9.